The molecule has 2 aliphatic carbocycles. The van der Waals surface area contributed by atoms with E-state index in [9.17, 15) is 50.8 Å². The predicted molar refractivity (Wildman–Crippen MR) is 157 cm³/mol. The lowest BCUT2D eigenvalue weighted by Crippen LogP contribution is -2.59. The lowest BCUT2D eigenvalue weighted by atomic mass is 9.79. The van der Waals surface area contributed by atoms with Crippen molar-refractivity contribution >= 4 is 17.7 Å². The van der Waals surface area contributed by atoms with Gasteiger partial charge in [0.05, 0.1) is 18.4 Å². The second-order valence-electron chi connectivity index (χ2n) is 12.7. The summed E-state index contributed by atoms with van der Waals surface area (Å²) in [5, 5.41) is 39.5. The Morgan fingerprint density at radius 1 is 1.12 bits per heavy atom. The fraction of sp³-hybridized carbons (Fsp3) is 0.700. The van der Waals surface area contributed by atoms with Crippen molar-refractivity contribution in [3.63, 3.8) is 0 Å². The second kappa shape index (κ2) is 14.0. The van der Waals surface area contributed by atoms with Gasteiger partial charge in [-0.05, 0) is 37.8 Å². The lowest BCUT2D eigenvalue weighted by molar-refractivity contribution is -0.187. The normalized spacial score (nSPS) is 28.9. The van der Waals surface area contributed by atoms with Gasteiger partial charge in [0.2, 0.25) is 17.8 Å². The van der Waals surface area contributed by atoms with Gasteiger partial charge in [-0.25, -0.2) is 35.4 Å². The van der Waals surface area contributed by atoms with Gasteiger partial charge >= 0.3 is 0 Å². The molecule has 1 amide bonds. The third-order valence-corrected chi connectivity index (χ3v) is 10.9. The number of hydrogen-bond donors (Lipinski definition) is 3. The van der Waals surface area contributed by atoms with Gasteiger partial charge in [0.1, 0.15) is 40.7 Å². The van der Waals surface area contributed by atoms with E-state index in [4.69, 9.17) is 9.47 Å². The maximum atomic E-state index is 14.2. The first-order valence-corrected chi connectivity index (χ1v) is 16.4. The van der Waals surface area contributed by atoms with Crippen molar-refractivity contribution in [2.45, 2.75) is 97.9 Å². The molecule has 1 aliphatic heterocycles. The Kier molecular flexibility index (Phi) is 10.7. The molecule has 48 heavy (non-hydrogen) atoms. The maximum Gasteiger partial charge on any atom is 0.248 e. The molecule has 0 radical (unpaired) electrons. The van der Waals surface area contributed by atoms with Crippen LogP contribution >= 0.6 is 11.8 Å². The fourth-order valence-electron chi connectivity index (χ4n) is 6.61. The summed E-state index contributed by atoms with van der Waals surface area (Å²) in [6.45, 7) is 0.920. The molecule has 2 heterocycles. The number of thioether (sulfide) groups is 1. The van der Waals surface area contributed by atoms with Crippen molar-refractivity contribution < 1.29 is 60.3 Å². The predicted octanol–water partition coefficient (Wildman–Crippen LogP) is 3.93. The molecule has 1 saturated heterocycles. The molecule has 2 saturated carbocycles. The van der Waals surface area contributed by atoms with Crippen LogP contribution in [0.25, 0.3) is 11.3 Å². The summed E-state index contributed by atoms with van der Waals surface area (Å²) in [5.41, 5.74) is -3.53. The van der Waals surface area contributed by atoms with Crippen molar-refractivity contribution in [1.82, 2.24) is 19.9 Å². The van der Waals surface area contributed by atoms with E-state index in [1.165, 1.54) is 18.2 Å². The largest absolute Gasteiger partial charge is 0.394 e. The highest BCUT2D eigenvalue weighted by Crippen LogP contribution is 2.48. The number of amides is 1. The number of aliphatic hydroxyl groups excluding tert-OH is 2. The number of halogens is 7. The Balaban J connectivity index is 1.46. The van der Waals surface area contributed by atoms with Crippen LogP contribution in [-0.2, 0) is 14.3 Å². The molecule has 268 valence electrons. The number of hydrogen-bond acceptors (Lipinski definition) is 9. The topological polar surface area (TPSA) is 130 Å². The smallest absolute Gasteiger partial charge is 0.248 e. The third-order valence-electron chi connectivity index (χ3n) is 9.37. The monoisotopic (exact) mass is 714 g/mol. The van der Waals surface area contributed by atoms with Crippen LogP contribution in [0.1, 0.15) is 51.5 Å². The van der Waals surface area contributed by atoms with E-state index < -0.39 is 127 Å². The summed E-state index contributed by atoms with van der Waals surface area (Å²) < 4.78 is 110. The first-order valence-electron chi connectivity index (χ1n) is 15.5. The van der Waals surface area contributed by atoms with Crippen molar-refractivity contribution in [3.05, 3.63) is 35.8 Å². The van der Waals surface area contributed by atoms with Gasteiger partial charge in [-0.3, -0.25) is 4.79 Å². The van der Waals surface area contributed by atoms with E-state index in [-0.39, 0.29) is 24.3 Å². The number of rotatable bonds is 11. The molecule has 1 aromatic carbocycles. The maximum absolute atomic E-state index is 14.2. The number of aliphatic hydroxyl groups is 3. The van der Waals surface area contributed by atoms with E-state index in [1.807, 2.05) is 0 Å². The molecule has 3 fully saturated rings. The minimum atomic E-state index is -3.07. The Morgan fingerprint density at radius 2 is 1.75 bits per heavy atom. The number of benzene rings is 1. The number of ether oxygens (including phenoxy) is 2. The molecule has 0 bridgehead atoms. The average Bonchev–Trinajstić information content (AvgIpc) is 3.51. The first-order chi connectivity index (χ1) is 22.5. The highest BCUT2D eigenvalue weighted by molar-refractivity contribution is 8.01. The molecule has 18 heteroatoms. The molecular formula is C30H37F7N4O6S. The zero-order chi connectivity index (χ0) is 35.2. The first kappa shape index (κ1) is 36.8. The molecule has 1 aromatic heterocycles. The molecular weight excluding hydrogens is 677 g/mol. The van der Waals surface area contributed by atoms with Crippen molar-refractivity contribution in [3.8, 4) is 11.3 Å². The van der Waals surface area contributed by atoms with Crippen molar-refractivity contribution in [1.29, 1.82) is 0 Å². The second-order valence-corrected chi connectivity index (χ2v) is 13.9. The molecule has 3 N–H and O–H groups in total. The number of nitrogens with zero attached hydrogens (tertiary/aromatic N) is 4. The van der Waals surface area contributed by atoms with E-state index in [2.05, 4.69) is 10.3 Å². The van der Waals surface area contributed by atoms with Crippen LogP contribution in [0.4, 0.5) is 30.7 Å². The van der Waals surface area contributed by atoms with E-state index in [0.717, 1.165) is 16.4 Å². The lowest BCUT2D eigenvalue weighted by Gasteiger charge is -2.47. The number of aromatic nitrogens is 3. The Labute approximate surface area is 275 Å². The zero-order valence-corrected chi connectivity index (χ0v) is 26.9. The van der Waals surface area contributed by atoms with Crippen LogP contribution in [-0.4, -0.2) is 114 Å². The van der Waals surface area contributed by atoms with Gasteiger partial charge in [-0.15, -0.1) is 16.9 Å². The van der Waals surface area contributed by atoms with Gasteiger partial charge in [0.15, 0.2) is 17.5 Å². The summed E-state index contributed by atoms with van der Waals surface area (Å²) >= 11 is 0.730. The molecule has 3 aliphatic rings. The molecule has 6 atom stereocenters. The SMILES string of the molecule is CCN(CC1CC(F)(F)C1)C(=O)C(S[C@@H]1O[C@H](CO)[C@H](O)[C@H](n2cc(-c3cc(F)c(F)c(F)c3)nn2)[C@H]1OC)C1(O)CCC(F)(F)CC1. The van der Waals surface area contributed by atoms with Crippen LogP contribution in [0.5, 0.6) is 0 Å². The van der Waals surface area contributed by atoms with Gasteiger partial charge in [0, 0.05) is 51.4 Å². The summed E-state index contributed by atoms with van der Waals surface area (Å²) in [7, 11) is 1.24. The molecule has 0 spiro atoms. The van der Waals surface area contributed by atoms with Crippen LogP contribution in [0.15, 0.2) is 18.3 Å². The Morgan fingerprint density at radius 3 is 2.29 bits per heavy atom. The molecule has 2 aromatic rings. The zero-order valence-electron chi connectivity index (χ0n) is 26.0. The molecule has 1 unspecified atom stereocenters. The number of alkyl halides is 4. The Hall–Kier alpha value is -2.51. The minimum absolute atomic E-state index is 0.0413. The van der Waals surface area contributed by atoms with Crippen molar-refractivity contribution in [2.75, 3.05) is 26.8 Å². The summed E-state index contributed by atoms with van der Waals surface area (Å²) in [6, 6.07) is 0.172. The van der Waals surface area contributed by atoms with Crippen LogP contribution in [0.2, 0.25) is 0 Å². The molecule has 10 nitrogen and oxygen atoms in total. The van der Waals surface area contributed by atoms with Crippen molar-refractivity contribution in [2.24, 2.45) is 5.92 Å². The highest BCUT2D eigenvalue weighted by Gasteiger charge is 2.55. The van der Waals surface area contributed by atoms with Crippen LogP contribution < -0.4 is 0 Å². The van der Waals surface area contributed by atoms with Crippen LogP contribution in [0.3, 0.4) is 0 Å². The van der Waals surface area contributed by atoms with Gasteiger partial charge in [0.25, 0.3) is 0 Å². The fourth-order valence-corrected chi connectivity index (χ4v) is 8.26. The third kappa shape index (κ3) is 7.47. The van der Waals surface area contributed by atoms with Crippen LogP contribution in [0, 0.1) is 23.4 Å². The van der Waals surface area contributed by atoms with E-state index >= 15 is 0 Å². The molecule has 5 rings (SSSR count). The van der Waals surface area contributed by atoms with Gasteiger partial charge in [-0.2, -0.15) is 0 Å². The quantitative estimate of drug-likeness (QED) is 0.234. The van der Waals surface area contributed by atoms with Gasteiger partial charge in [-0.1, -0.05) is 5.21 Å². The number of carbonyl (C=O) groups is 1. The standard InChI is InChI=1S/C30H37F7N4O6S/c1-3-40(12-15-10-30(36,37)11-15)26(44)25(28(45)4-6-29(34,35)7-5-28)48-27-24(46-2)22(23(43)20(14-42)47-27)41-13-19(38-39-41)16-8-17(31)21(33)18(32)9-16/h8-9,13,15,20,22-25,27,42-43,45H,3-7,10-12,14H2,1-2H3/t20-,22+,23+,24-,25?,27+/m1/s1. The minimum Gasteiger partial charge on any atom is -0.394 e. The summed E-state index contributed by atoms with van der Waals surface area (Å²) in [6.07, 6.45) is -6.05. The summed E-state index contributed by atoms with van der Waals surface area (Å²) in [4.78, 5) is 15.4. The Bertz CT molecular complexity index is 1430. The number of methoxy groups -OCH3 is 1. The van der Waals surface area contributed by atoms with E-state index in [0.29, 0.717) is 12.1 Å². The van der Waals surface area contributed by atoms with Gasteiger partial charge < -0.3 is 29.7 Å². The highest BCUT2D eigenvalue weighted by atomic mass is 32.2. The van der Waals surface area contributed by atoms with E-state index in [1.54, 1.807) is 6.92 Å². The summed E-state index contributed by atoms with van der Waals surface area (Å²) in [5.74, 6) is -11.7. The average molecular weight is 715 g/mol. The number of carbonyl (C=O) groups excluding carboxylic acids is 1.